The van der Waals surface area contributed by atoms with Crippen LogP contribution in [-0.2, 0) is 0 Å². The molecule has 10 heteroatoms. The molecule has 2 aromatic carbocycles. The topological polar surface area (TPSA) is 128 Å². The van der Waals surface area contributed by atoms with E-state index in [0.717, 1.165) is 0 Å². The SMILES string of the molecule is COc1cc(C(=O)NNC(=O)c2ccc(NC(=O)c3ccco3)cc2)cc(OC)c1OC. The Labute approximate surface area is 183 Å². The lowest BCUT2D eigenvalue weighted by Crippen LogP contribution is -2.41. The summed E-state index contributed by atoms with van der Waals surface area (Å²) < 4.78 is 20.7. The first-order chi connectivity index (χ1) is 15.5. The first-order valence-electron chi connectivity index (χ1n) is 9.32. The second kappa shape index (κ2) is 10.0. The summed E-state index contributed by atoms with van der Waals surface area (Å²) in [6.07, 6.45) is 1.40. The van der Waals surface area contributed by atoms with Crippen molar-refractivity contribution in [3.05, 3.63) is 71.7 Å². The lowest BCUT2D eigenvalue weighted by molar-refractivity contribution is 0.0846. The van der Waals surface area contributed by atoms with E-state index in [1.165, 1.54) is 57.9 Å². The first kappa shape index (κ1) is 22.2. The van der Waals surface area contributed by atoms with Crippen LogP contribution in [0.5, 0.6) is 17.2 Å². The van der Waals surface area contributed by atoms with Crippen LogP contribution in [0, 0.1) is 0 Å². The van der Waals surface area contributed by atoms with Crippen LogP contribution in [0.3, 0.4) is 0 Å². The number of anilines is 1. The Kier molecular flexibility index (Phi) is 6.96. The van der Waals surface area contributed by atoms with Gasteiger partial charge in [-0.1, -0.05) is 0 Å². The van der Waals surface area contributed by atoms with E-state index in [4.69, 9.17) is 18.6 Å². The number of furan rings is 1. The zero-order valence-corrected chi connectivity index (χ0v) is 17.6. The molecule has 3 N–H and O–H groups in total. The van der Waals surface area contributed by atoms with E-state index in [1.807, 2.05) is 0 Å². The van der Waals surface area contributed by atoms with Gasteiger partial charge >= 0.3 is 0 Å². The Morgan fingerprint density at radius 2 is 1.34 bits per heavy atom. The van der Waals surface area contributed by atoms with E-state index in [2.05, 4.69) is 16.2 Å². The quantitative estimate of drug-likeness (QED) is 0.483. The molecule has 0 spiro atoms. The van der Waals surface area contributed by atoms with E-state index < -0.39 is 17.7 Å². The van der Waals surface area contributed by atoms with E-state index in [1.54, 1.807) is 18.2 Å². The van der Waals surface area contributed by atoms with Crippen molar-refractivity contribution in [1.29, 1.82) is 0 Å². The van der Waals surface area contributed by atoms with Gasteiger partial charge in [0.25, 0.3) is 17.7 Å². The van der Waals surface area contributed by atoms with Gasteiger partial charge in [-0.2, -0.15) is 0 Å². The van der Waals surface area contributed by atoms with Crippen LogP contribution in [0.1, 0.15) is 31.3 Å². The third kappa shape index (κ3) is 4.98. The Balaban J connectivity index is 1.61. The van der Waals surface area contributed by atoms with Gasteiger partial charge in [-0.3, -0.25) is 25.2 Å². The van der Waals surface area contributed by atoms with E-state index >= 15 is 0 Å². The van der Waals surface area contributed by atoms with Crippen molar-refractivity contribution in [3.8, 4) is 17.2 Å². The van der Waals surface area contributed by atoms with Gasteiger partial charge in [-0.25, -0.2) is 0 Å². The molecule has 3 amide bonds. The smallest absolute Gasteiger partial charge is 0.291 e. The largest absolute Gasteiger partial charge is 0.493 e. The van der Waals surface area contributed by atoms with Gasteiger partial charge in [-0.05, 0) is 48.5 Å². The molecule has 0 unspecified atom stereocenters. The van der Waals surface area contributed by atoms with Crippen molar-refractivity contribution in [2.45, 2.75) is 0 Å². The number of benzene rings is 2. The van der Waals surface area contributed by atoms with Crippen LogP contribution >= 0.6 is 0 Å². The van der Waals surface area contributed by atoms with Gasteiger partial charge in [0.2, 0.25) is 5.75 Å². The Bertz CT molecular complexity index is 1080. The number of hydrazine groups is 1. The fraction of sp³-hybridized carbons (Fsp3) is 0.136. The summed E-state index contributed by atoms with van der Waals surface area (Å²) in [6.45, 7) is 0. The number of hydrogen-bond acceptors (Lipinski definition) is 7. The summed E-state index contributed by atoms with van der Waals surface area (Å²) in [5.74, 6) is -0.429. The first-order valence-corrected chi connectivity index (χ1v) is 9.32. The molecule has 0 saturated carbocycles. The lowest BCUT2D eigenvalue weighted by Gasteiger charge is -2.14. The molecule has 3 aromatic rings. The minimum absolute atomic E-state index is 0.168. The highest BCUT2D eigenvalue weighted by Crippen LogP contribution is 2.38. The van der Waals surface area contributed by atoms with Crippen LogP contribution in [0.25, 0.3) is 0 Å². The molecular weight excluding hydrogens is 418 g/mol. The maximum Gasteiger partial charge on any atom is 0.291 e. The molecule has 0 atom stereocenters. The number of nitrogens with one attached hydrogen (secondary N) is 3. The monoisotopic (exact) mass is 439 g/mol. The fourth-order valence-corrected chi connectivity index (χ4v) is 2.78. The number of rotatable bonds is 7. The predicted octanol–water partition coefficient (Wildman–Crippen LogP) is 2.63. The van der Waals surface area contributed by atoms with Gasteiger partial charge < -0.3 is 23.9 Å². The molecule has 0 aliphatic rings. The molecule has 0 aliphatic heterocycles. The molecule has 1 aromatic heterocycles. The minimum atomic E-state index is -0.583. The maximum absolute atomic E-state index is 12.5. The zero-order valence-electron chi connectivity index (χ0n) is 17.6. The predicted molar refractivity (Wildman–Crippen MR) is 114 cm³/mol. The molecule has 0 fully saturated rings. The lowest BCUT2D eigenvalue weighted by atomic mass is 10.1. The third-order valence-corrected chi connectivity index (χ3v) is 4.37. The molecule has 32 heavy (non-hydrogen) atoms. The second-order valence-electron chi connectivity index (χ2n) is 6.33. The molecule has 1 heterocycles. The van der Waals surface area contributed by atoms with Crippen LogP contribution in [0.2, 0.25) is 0 Å². The molecular formula is C22H21N3O7. The van der Waals surface area contributed by atoms with Gasteiger partial charge in [0.15, 0.2) is 17.3 Å². The Morgan fingerprint density at radius 1 is 0.750 bits per heavy atom. The zero-order chi connectivity index (χ0) is 23.1. The van der Waals surface area contributed by atoms with Crippen LogP contribution in [0.4, 0.5) is 5.69 Å². The number of carbonyl (C=O) groups is 3. The van der Waals surface area contributed by atoms with Gasteiger partial charge in [0.1, 0.15) is 0 Å². The number of carbonyl (C=O) groups excluding carboxylic acids is 3. The van der Waals surface area contributed by atoms with Crippen molar-refractivity contribution in [3.63, 3.8) is 0 Å². The number of amides is 3. The molecule has 3 rings (SSSR count). The average molecular weight is 439 g/mol. The summed E-state index contributed by atoms with van der Waals surface area (Å²) in [5.41, 5.74) is 5.60. The molecule has 0 radical (unpaired) electrons. The van der Waals surface area contributed by atoms with Crippen molar-refractivity contribution < 1.29 is 33.0 Å². The molecule has 10 nitrogen and oxygen atoms in total. The molecule has 0 bridgehead atoms. The number of ether oxygens (including phenoxy) is 3. The van der Waals surface area contributed by atoms with Crippen molar-refractivity contribution >= 4 is 23.4 Å². The fourth-order valence-electron chi connectivity index (χ4n) is 2.78. The molecule has 166 valence electrons. The third-order valence-electron chi connectivity index (χ3n) is 4.37. The van der Waals surface area contributed by atoms with Crippen molar-refractivity contribution in [2.24, 2.45) is 0 Å². The maximum atomic E-state index is 12.5. The number of methoxy groups -OCH3 is 3. The van der Waals surface area contributed by atoms with Crippen molar-refractivity contribution in [1.82, 2.24) is 10.9 Å². The molecule has 0 aliphatic carbocycles. The normalized spacial score (nSPS) is 10.1. The Hall–Kier alpha value is -4.47. The van der Waals surface area contributed by atoms with Crippen LogP contribution < -0.4 is 30.4 Å². The Morgan fingerprint density at radius 3 is 1.84 bits per heavy atom. The highest BCUT2D eigenvalue weighted by atomic mass is 16.5. The number of hydrogen-bond donors (Lipinski definition) is 3. The van der Waals surface area contributed by atoms with Gasteiger partial charge in [0.05, 0.1) is 27.6 Å². The van der Waals surface area contributed by atoms with Crippen molar-refractivity contribution in [2.75, 3.05) is 26.6 Å². The highest BCUT2D eigenvalue weighted by molar-refractivity contribution is 6.03. The standard InChI is InChI=1S/C22H21N3O7/c1-29-17-11-14(12-18(30-2)19(17)31-3)21(27)25-24-20(26)13-6-8-15(9-7-13)23-22(28)16-5-4-10-32-16/h4-12H,1-3H3,(H,23,28)(H,24,26)(H,25,27). The average Bonchev–Trinajstić information content (AvgIpc) is 3.37. The van der Waals surface area contributed by atoms with Crippen LogP contribution in [0.15, 0.2) is 59.2 Å². The summed E-state index contributed by atoms with van der Waals surface area (Å²) >= 11 is 0. The molecule has 0 saturated heterocycles. The summed E-state index contributed by atoms with van der Waals surface area (Å²) in [7, 11) is 4.32. The van der Waals surface area contributed by atoms with Gasteiger partial charge in [-0.15, -0.1) is 0 Å². The summed E-state index contributed by atoms with van der Waals surface area (Å²) in [4.78, 5) is 36.8. The summed E-state index contributed by atoms with van der Waals surface area (Å²) in [6, 6.07) is 12.2. The van der Waals surface area contributed by atoms with E-state index in [0.29, 0.717) is 22.9 Å². The summed E-state index contributed by atoms with van der Waals surface area (Å²) in [5, 5.41) is 2.65. The van der Waals surface area contributed by atoms with Crippen LogP contribution in [-0.4, -0.2) is 39.1 Å². The van der Waals surface area contributed by atoms with E-state index in [-0.39, 0.29) is 16.9 Å². The second-order valence-corrected chi connectivity index (χ2v) is 6.33. The highest BCUT2D eigenvalue weighted by Gasteiger charge is 2.17. The van der Waals surface area contributed by atoms with Gasteiger partial charge in [0, 0.05) is 16.8 Å². The minimum Gasteiger partial charge on any atom is -0.493 e. The van der Waals surface area contributed by atoms with E-state index in [9.17, 15) is 14.4 Å².